The summed E-state index contributed by atoms with van der Waals surface area (Å²) >= 11 is 6.08. The second-order valence-electron chi connectivity index (χ2n) is 6.66. The maximum absolute atomic E-state index is 13.0. The highest BCUT2D eigenvalue weighted by atomic mass is 35.5. The Morgan fingerprint density at radius 2 is 1.97 bits per heavy atom. The number of hydrogen-bond donors (Lipinski definition) is 2. The van der Waals surface area contributed by atoms with Crippen LogP contribution in [0, 0.1) is 6.92 Å². The summed E-state index contributed by atoms with van der Waals surface area (Å²) in [5.74, 6) is -0.439. The van der Waals surface area contributed by atoms with E-state index in [1.54, 1.807) is 19.1 Å². The number of nitrogens with one attached hydrogen (secondary N) is 2. The van der Waals surface area contributed by atoms with Gasteiger partial charge in [0.05, 0.1) is 18.2 Å². The van der Waals surface area contributed by atoms with Crippen LogP contribution in [0.15, 0.2) is 41.6 Å². The van der Waals surface area contributed by atoms with Gasteiger partial charge in [0.25, 0.3) is 5.91 Å². The number of likely N-dealkylation sites (N-methyl/N-ethyl adjacent to an activating group) is 1. The smallest absolute Gasteiger partial charge is 0.398 e. The van der Waals surface area contributed by atoms with Gasteiger partial charge in [0.15, 0.2) is 5.71 Å². The van der Waals surface area contributed by atoms with E-state index < -0.39 is 23.7 Å². The maximum atomic E-state index is 13.0. The highest BCUT2D eigenvalue weighted by molar-refractivity contribution is 6.45. The maximum Gasteiger partial charge on any atom is 0.416 e. The highest BCUT2D eigenvalue weighted by Gasteiger charge is 2.31. The molecule has 2 rings (SSSR count). The van der Waals surface area contributed by atoms with Crippen molar-refractivity contribution in [1.29, 1.82) is 0 Å². The van der Waals surface area contributed by atoms with E-state index >= 15 is 0 Å². The van der Waals surface area contributed by atoms with Gasteiger partial charge < -0.3 is 10.2 Å². The minimum atomic E-state index is -4.48. The molecule has 0 aliphatic carbocycles. The van der Waals surface area contributed by atoms with Gasteiger partial charge in [-0.2, -0.15) is 18.7 Å². The van der Waals surface area contributed by atoms with E-state index in [4.69, 9.17) is 21.3 Å². The molecular weight excluding hydrogens is 435 g/mol. The molecule has 31 heavy (non-hydrogen) atoms. The third kappa shape index (κ3) is 6.19. The normalized spacial score (nSPS) is 13.1. The van der Waals surface area contributed by atoms with Crippen molar-refractivity contribution < 1.29 is 27.6 Å². The van der Waals surface area contributed by atoms with Gasteiger partial charge in [0.1, 0.15) is 7.11 Å². The van der Waals surface area contributed by atoms with Crippen molar-refractivity contribution in [1.82, 2.24) is 10.8 Å². The molecule has 0 aliphatic rings. The lowest BCUT2D eigenvalue weighted by atomic mass is 9.98. The number of carbonyl (C=O) groups excluding carboxylic acids is 1. The van der Waals surface area contributed by atoms with E-state index in [2.05, 4.69) is 16.0 Å². The Bertz CT molecular complexity index is 965. The van der Waals surface area contributed by atoms with Crippen molar-refractivity contribution in [3.05, 3.63) is 69.2 Å². The monoisotopic (exact) mass is 457 g/mol. The first-order valence-electron chi connectivity index (χ1n) is 9.26. The fourth-order valence-corrected chi connectivity index (χ4v) is 3.17. The van der Waals surface area contributed by atoms with Gasteiger partial charge in [-0.15, -0.1) is 0 Å². The quantitative estimate of drug-likeness (QED) is 0.451. The molecule has 1 amide bonds. The first kappa shape index (κ1) is 24.6. The zero-order valence-electron chi connectivity index (χ0n) is 17.4. The molecule has 2 N–H and O–H groups in total. The second-order valence-corrected chi connectivity index (χ2v) is 7.07. The first-order valence-corrected chi connectivity index (χ1v) is 9.64. The lowest BCUT2D eigenvalue weighted by molar-refractivity contribution is -0.137. The fourth-order valence-electron chi connectivity index (χ4n) is 2.89. The molecule has 0 aromatic heterocycles. The van der Waals surface area contributed by atoms with E-state index in [9.17, 15) is 18.0 Å². The molecule has 0 aliphatic heterocycles. The number of hydrogen-bond acceptors (Lipinski definition) is 5. The summed E-state index contributed by atoms with van der Waals surface area (Å²) in [5.41, 5.74) is 4.23. The van der Waals surface area contributed by atoms with E-state index in [-0.39, 0.29) is 22.9 Å². The molecule has 0 bridgehead atoms. The average Bonchev–Trinajstić information content (AvgIpc) is 2.72. The number of benzene rings is 2. The third-order valence-electron chi connectivity index (χ3n) is 4.56. The Hall–Kier alpha value is -2.62. The van der Waals surface area contributed by atoms with Crippen LogP contribution >= 0.6 is 11.6 Å². The Labute approximate surface area is 183 Å². The topological polar surface area (TPSA) is 72.0 Å². The summed E-state index contributed by atoms with van der Waals surface area (Å²) in [6, 6.07) is 7.78. The van der Waals surface area contributed by atoms with E-state index in [1.165, 1.54) is 20.2 Å². The van der Waals surface area contributed by atoms with Crippen LogP contribution in [-0.2, 0) is 27.3 Å². The molecule has 0 saturated carbocycles. The Morgan fingerprint density at radius 1 is 1.26 bits per heavy atom. The molecule has 168 valence electrons. The molecule has 1 atom stereocenters. The first-order chi connectivity index (χ1) is 14.6. The summed E-state index contributed by atoms with van der Waals surface area (Å²) in [6.45, 7) is 3.48. The fraction of sp³-hybridized carbons (Fsp3) is 0.333. The summed E-state index contributed by atoms with van der Waals surface area (Å²) < 4.78 is 39.0. The molecule has 10 heteroatoms. The lowest BCUT2D eigenvalue weighted by Crippen LogP contribution is -2.30. The van der Waals surface area contributed by atoms with Gasteiger partial charge >= 0.3 is 6.18 Å². The molecule has 0 saturated heterocycles. The molecule has 0 heterocycles. The number of carbonyl (C=O) groups is 1. The number of amides is 1. The Kier molecular flexibility index (Phi) is 8.43. The summed E-state index contributed by atoms with van der Waals surface area (Å²) in [4.78, 5) is 22.6. The van der Waals surface area contributed by atoms with Crippen molar-refractivity contribution in [3.8, 4) is 0 Å². The predicted molar refractivity (Wildman–Crippen MR) is 112 cm³/mol. The van der Waals surface area contributed by atoms with Crippen molar-refractivity contribution >= 4 is 23.2 Å². The van der Waals surface area contributed by atoms with Gasteiger partial charge in [-0.1, -0.05) is 35.0 Å². The van der Waals surface area contributed by atoms with Crippen LogP contribution in [0.5, 0.6) is 0 Å². The van der Waals surface area contributed by atoms with Crippen LogP contribution in [0.25, 0.3) is 0 Å². The number of oxime groups is 1. The Morgan fingerprint density at radius 3 is 2.58 bits per heavy atom. The molecule has 2 aromatic carbocycles. The van der Waals surface area contributed by atoms with Crippen LogP contribution in [-0.4, -0.2) is 25.8 Å². The van der Waals surface area contributed by atoms with Crippen LogP contribution in [0.1, 0.15) is 40.8 Å². The number of nitrogens with zero attached hydrogens (tertiary/aromatic N) is 1. The third-order valence-corrected chi connectivity index (χ3v) is 4.90. The minimum absolute atomic E-state index is 0.0165. The van der Waals surface area contributed by atoms with Crippen molar-refractivity contribution in [2.24, 2.45) is 5.16 Å². The number of alkyl halides is 3. The zero-order chi connectivity index (χ0) is 23.2. The van der Waals surface area contributed by atoms with Gasteiger partial charge in [-0.25, -0.2) is 0 Å². The number of hydroxylamine groups is 1. The van der Waals surface area contributed by atoms with E-state index in [0.29, 0.717) is 11.1 Å². The zero-order valence-corrected chi connectivity index (χ0v) is 18.2. The second kappa shape index (κ2) is 10.6. The largest absolute Gasteiger partial charge is 0.416 e. The van der Waals surface area contributed by atoms with Crippen molar-refractivity contribution in [3.63, 3.8) is 0 Å². The molecule has 6 nitrogen and oxygen atoms in total. The van der Waals surface area contributed by atoms with Crippen LogP contribution in [0.4, 0.5) is 13.2 Å². The van der Waals surface area contributed by atoms with Crippen LogP contribution in [0.2, 0.25) is 5.02 Å². The SMILES string of the molecule is CNC(=O)/C(=N/OC)c1cccc(C)c1CONC(C)c1cc(C(F)(F)F)ccc1Cl. The minimum Gasteiger partial charge on any atom is -0.398 e. The highest BCUT2D eigenvalue weighted by Crippen LogP contribution is 2.33. The van der Waals surface area contributed by atoms with Gasteiger partial charge in [0.2, 0.25) is 0 Å². The number of rotatable bonds is 8. The molecule has 0 fully saturated rings. The number of aryl methyl sites for hydroxylation is 1. The molecule has 2 aromatic rings. The lowest BCUT2D eigenvalue weighted by Gasteiger charge is -2.19. The average molecular weight is 458 g/mol. The van der Waals surface area contributed by atoms with Crippen molar-refractivity contribution in [2.75, 3.05) is 14.2 Å². The Balaban J connectivity index is 2.22. The van der Waals surface area contributed by atoms with E-state index in [0.717, 1.165) is 17.7 Å². The molecule has 1 unspecified atom stereocenters. The molecular formula is C21H23ClF3N3O3. The summed E-state index contributed by atoms with van der Waals surface area (Å²) in [7, 11) is 2.80. The van der Waals surface area contributed by atoms with Gasteiger partial charge in [-0.05, 0) is 48.7 Å². The standard InChI is InChI=1S/C21H23ClF3N3O3/c1-12-6-5-7-15(19(28-30-4)20(29)26-3)17(12)11-31-27-13(2)16-10-14(21(23,24)25)8-9-18(16)22/h5-10,13,27H,11H2,1-4H3,(H,26,29)/b28-19+. The predicted octanol–water partition coefficient (Wildman–Crippen LogP) is 4.55. The van der Waals surface area contributed by atoms with Crippen LogP contribution in [0.3, 0.4) is 0 Å². The van der Waals surface area contributed by atoms with Crippen LogP contribution < -0.4 is 10.8 Å². The summed E-state index contributed by atoms with van der Waals surface area (Å²) in [5, 5.41) is 6.49. The number of halogens is 4. The van der Waals surface area contributed by atoms with Gasteiger partial charge in [0, 0.05) is 17.6 Å². The molecule has 0 radical (unpaired) electrons. The van der Waals surface area contributed by atoms with E-state index in [1.807, 2.05) is 13.0 Å². The van der Waals surface area contributed by atoms with Crippen molar-refractivity contribution in [2.45, 2.75) is 32.7 Å². The summed E-state index contributed by atoms with van der Waals surface area (Å²) in [6.07, 6.45) is -4.48. The van der Waals surface area contributed by atoms with Gasteiger partial charge in [-0.3, -0.25) is 9.63 Å². The molecule has 0 spiro atoms.